The van der Waals surface area contributed by atoms with Crippen molar-refractivity contribution in [3.05, 3.63) is 47.1 Å². The lowest BCUT2D eigenvalue weighted by Gasteiger charge is -2.10. The molecular formula is C13H9ClF3NO. The standard InChI is InChI=1S/C13H9ClF3NO/c1-8-7-18-12(6-11(8)14)9-3-2-4-10(5-9)19-13(15,16)17/h2-7H,1H3. The van der Waals surface area contributed by atoms with Crippen LogP contribution in [0, 0.1) is 6.92 Å². The molecule has 2 rings (SSSR count). The number of ether oxygens (including phenoxy) is 1. The number of hydrogen-bond donors (Lipinski definition) is 0. The molecule has 0 unspecified atom stereocenters. The van der Waals surface area contributed by atoms with Gasteiger partial charge in [-0.25, -0.2) is 0 Å². The Hall–Kier alpha value is -1.75. The van der Waals surface area contributed by atoms with Gasteiger partial charge in [0.1, 0.15) is 5.75 Å². The summed E-state index contributed by atoms with van der Waals surface area (Å²) in [6.45, 7) is 1.79. The molecule has 0 radical (unpaired) electrons. The Balaban J connectivity index is 2.35. The summed E-state index contributed by atoms with van der Waals surface area (Å²) in [6.07, 6.45) is -3.15. The second kappa shape index (κ2) is 5.09. The van der Waals surface area contributed by atoms with Crippen LogP contribution in [-0.2, 0) is 0 Å². The molecule has 19 heavy (non-hydrogen) atoms. The molecule has 100 valence electrons. The minimum Gasteiger partial charge on any atom is -0.406 e. The number of alkyl halides is 3. The molecule has 0 spiro atoms. The third kappa shape index (κ3) is 3.61. The first-order valence-electron chi connectivity index (χ1n) is 5.33. The average Bonchev–Trinajstić information content (AvgIpc) is 2.31. The Morgan fingerprint density at radius 1 is 1.21 bits per heavy atom. The fourth-order valence-electron chi connectivity index (χ4n) is 1.51. The molecule has 0 amide bonds. The minimum atomic E-state index is -4.71. The molecule has 1 heterocycles. The summed E-state index contributed by atoms with van der Waals surface area (Å²) in [5, 5.41) is 0.507. The Bertz CT molecular complexity index is 599. The van der Waals surface area contributed by atoms with Gasteiger partial charge in [0, 0.05) is 16.8 Å². The van der Waals surface area contributed by atoms with Gasteiger partial charge in [0.25, 0.3) is 0 Å². The highest BCUT2D eigenvalue weighted by Crippen LogP contribution is 2.28. The molecule has 1 aromatic heterocycles. The normalized spacial score (nSPS) is 11.4. The van der Waals surface area contributed by atoms with Crippen LogP contribution in [0.15, 0.2) is 36.5 Å². The smallest absolute Gasteiger partial charge is 0.406 e. The van der Waals surface area contributed by atoms with Crippen LogP contribution < -0.4 is 4.74 Å². The first-order chi connectivity index (χ1) is 8.85. The molecule has 0 bridgehead atoms. The van der Waals surface area contributed by atoms with E-state index in [9.17, 15) is 13.2 Å². The maximum Gasteiger partial charge on any atom is 0.573 e. The van der Waals surface area contributed by atoms with Crippen LogP contribution in [0.1, 0.15) is 5.56 Å². The van der Waals surface area contributed by atoms with Gasteiger partial charge in [-0.3, -0.25) is 4.98 Å². The van der Waals surface area contributed by atoms with Gasteiger partial charge in [-0.2, -0.15) is 0 Å². The first-order valence-corrected chi connectivity index (χ1v) is 5.71. The Kier molecular flexibility index (Phi) is 3.66. The Labute approximate surface area is 112 Å². The van der Waals surface area contributed by atoms with Crippen molar-refractivity contribution in [2.75, 3.05) is 0 Å². The molecule has 0 fully saturated rings. The summed E-state index contributed by atoms with van der Waals surface area (Å²) in [5.41, 5.74) is 1.79. The van der Waals surface area contributed by atoms with E-state index in [-0.39, 0.29) is 5.75 Å². The zero-order valence-electron chi connectivity index (χ0n) is 9.83. The van der Waals surface area contributed by atoms with E-state index in [1.54, 1.807) is 25.3 Å². The van der Waals surface area contributed by atoms with Gasteiger partial charge >= 0.3 is 6.36 Å². The zero-order valence-corrected chi connectivity index (χ0v) is 10.6. The van der Waals surface area contributed by atoms with Crippen LogP contribution in [-0.4, -0.2) is 11.3 Å². The summed E-state index contributed by atoms with van der Waals surface area (Å²) in [6, 6.07) is 7.20. The van der Waals surface area contributed by atoms with Gasteiger partial charge in [-0.05, 0) is 30.7 Å². The van der Waals surface area contributed by atoms with Gasteiger partial charge < -0.3 is 4.74 Å². The minimum absolute atomic E-state index is 0.288. The van der Waals surface area contributed by atoms with Crippen LogP contribution in [0.2, 0.25) is 5.02 Å². The molecule has 6 heteroatoms. The maximum atomic E-state index is 12.1. The molecule has 0 N–H and O–H groups in total. The van der Waals surface area contributed by atoms with E-state index in [4.69, 9.17) is 11.6 Å². The number of pyridine rings is 1. The van der Waals surface area contributed by atoms with E-state index in [2.05, 4.69) is 9.72 Å². The maximum absolute atomic E-state index is 12.1. The predicted molar refractivity (Wildman–Crippen MR) is 66.1 cm³/mol. The van der Waals surface area contributed by atoms with Crippen molar-refractivity contribution >= 4 is 11.6 Å². The summed E-state index contributed by atoms with van der Waals surface area (Å²) < 4.78 is 40.3. The molecule has 0 atom stereocenters. The van der Waals surface area contributed by atoms with Gasteiger partial charge in [-0.1, -0.05) is 23.7 Å². The molecule has 0 saturated carbocycles. The largest absolute Gasteiger partial charge is 0.573 e. The Morgan fingerprint density at radius 3 is 2.58 bits per heavy atom. The van der Waals surface area contributed by atoms with E-state index < -0.39 is 6.36 Å². The summed E-state index contributed by atoms with van der Waals surface area (Å²) in [7, 11) is 0. The molecule has 0 aliphatic carbocycles. The number of rotatable bonds is 2. The van der Waals surface area contributed by atoms with Crippen LogP contribution in [0.25, 0.3) is 11.3 Å². The van der Waals surface area contributed by atoms with E-state index >= 15 is 0 Å². The molecule has 2 nitrogen and oxygen atoms in total. The second-order valence-corrected chi connectivity index (χ2v) is 4.30. The molecule has 0 aliphatic heterocycles. The summed E-state index contributed by atoms with van der Waals surface area (Å²) in [5.74, 6) is -0.288. The monoisotopic (exact) mass is 287 g/mol. The number of nitrogens with zero attached hydrogens (tertiary/aromatic N) is 1. The second-order valence-electron chi connectivity index (χ2n) is 3.89. The van der Waals surface area contributed by atoms with Crippen LogP contribution >= 0.6 is 11.6 Å². The lowest BCUT2D eigenvalue weighted by atomic mass is 10.1. The van der Waals surface area contributed by atoms with Gasteiger partial charge in [0.15, 0.2) is 0 Å². The van der Waals surface area contributed by atoms with Crippen molar-refractivity contribution in [1.29, 1.82) is 0 Å². The SMILES string of the molecule is Cc1cnc(-c2cccc(OC(F)(F)F)c2)cc1Cl. The van der Waals surface area contributed by atoms with Crippen molar-refractivity contribution in [3.63, 3.8) is 0 Å². The summed E-state index contributed by atoms with van der Waals surface area (Å²) >= 11 is 5.96. The Morgan fingerprint density at radius 2 is 1.95 bits per heavy atom. The highest BCUT2D eigenvalue weighted by Gasteiger charge is 2.31. The average molecular weight is 288 g/mol. The topological polar surface area (TPSA) is 22.1 Å². The van der Waals surface area contributed by atoms with E-state index in [1.165, 1.54) is 18.2 Å². The van der Waals surface area contributed by atoms with Gasteiger partial charge in [-0.15, -0.1) is 13.2 Å². The quantitative estimate of drug-likeness (QED) is 0.805. The highest BCUT2D eigenvalue weighted by atomic mass is 35.5. The van der Waals surface area contributed by atoms with Crippen molar-refractivity contribution in [3.8, 4) is 17.0 Å². The van der Waals surface area contributed by atoms with Gasteiger partial charge in [0.2, 0.25) is 0 Å². The van der Waals surface area contributed by atoms with E-state index in [0.717, 1.165) is 5.56 Å². The lowest BCUT2D eigenvalue weighted by Crippen LogP contribution is -2.17. The van der Waals surface area contributed by atoms with E-state index in [1.807, 2.05) is 0 Å². The zero-order chi connectivity index (χ0) is 14.0. The number of aryl methyl sites for hydroxylation is 1. The molecule has 2 aromatic rings. The number of hydrogen-bond acceptors (Lipinski definition) is 2. The predicted octanol–water partition coefficient (Wildman–Crippen LogP) is 4.61. The number of benzene rings is 1. The van der Waals surface area contributed by atoms with Crippen molar-refractivity contribution in [2.45, 2.75) is 13.3 Å². The molecule has 0 saturated heterocycles. The van der Waals surface area contributed by atoms with Gasteiger partial charge in [0.05, 0.1) is 5.69 Å². The van der Waals surface area contributed by atoms with Crippen molar-refractivity contribution < 1.29 is 17.9 Å². The third-order valence-corrected chi connectivity index (χ3v) is 2.81. The summed E-state index contributed by atoms with van der Waals surface area (Å²) in [4.78, 5) is 4.13. The molecule has 1 aromatic carbocycles. The highest BCUT2D eigenvalue weighted by molar-refractivity contribution is 6.31. The van der Waals surface area contributed by atoms with Crippen LogP contribution in [0.4, 0.5) is 13.2 Å². The number of halogens is 4. The lowest BCUT2D eigenvalue weighted by molar-refractivity contribution is -0.274. The number of aromatic nitrogens is 1. The van der Waals surface area contributed by atoms with Crippen LogP contribution in [0.5, 0.6) is 5.75 Å². The van der Waals surface area contributed by atoms with Crippen molar-refractivity contribution in [2.24, 2.45) is 0 Å². The van der Waals surface area contributed by atoms with E-state index in [0.29, 0.717) is 16.3 Å². The molecule has 0 aliphatic rings. The van der Waals surface area contributed by atoms with Crippen molar-refractivity contribution in [1.82, 2.24) is 4.98 Å². The fraction of sp³-hybridized carbons (Fsp3) is 0.154. The first kappa shape index (κ1) is 13.7. The third-order valence-electron chi connectivity index (χ3n) is 2.40. The van der Waals surface area contributed by atoms with Crippen LogP contribution in [0.3, 0.4) is 0 Å². The fourth-order valence-corrected chi connectivity index (χ4v) is 1.66. The molecular weight excluding hydrogens is 279 g/mol.